The molecule has 0 unspecified atom stereocenters. The van der Waals surface area contributed by atoms with Crippen LogP contribution in [-0.2, 0) is 22.5 Å². The lowest BCUT2D eigenvalue weighted by Crippen LogP contribution is -2.41. The molecule has 1 heterocycles. The third kappa shape index (κ3) is 2.56. The third-order valence-electron chi connectivity index (χ3n) is 4.07. The van der Waals surface area contributed by atoms with E-state index < -0.39 is 18.3 Å². The fourth-order valence-corrected chi connectivity index (χ4v) is 2.08. The summed E-state index contributed by atoms with van der Waals surface area (Å²) in [4.78, 5) is 0. The van der Waals surface area contributed by atoms with Gasteiger partial charge in [-0.2, -0.15) is 0 Å². The molecule has 1 aromatic rings. The van der Waals surface area contributed by atoms with Gasteiger partial charge in [0.25, 0.3) is 0 Å². The van der Waals surface area contributed by atoms with Gasteiger partial charge in [-0.05, 0) is 44.3 Å². The van der Waals surface area contributed by atoms with E-state index in [-0.39, 0.29) is 13.2 Å². The lowest BCUT2D eigenvalue weighted by atomic mass is 9.75. The van der Waals surface area contributed by atoms with E-state index in [0.29, 0.717) is 0 Å². The maximum absolute atomic E-state index is 9.43. The molecule has 1 aromatic carbocycles. The van der Waals surface area contributed by atoms with Crippen molar-refractivity contribution < 1.29 is 19.5 Å². The molecular weight excluding hydrogens is 243 g/mol. The molecule has 104 valence electrons. The molecule has 0 saturated carbocycles. The minimum atomic E-state index is -0.515. The predicted molar refractivity (Wildman–Crippen MR) is 74.0 cm³/mol. The van der Waals surface area contributed by atoms with Crippen LogP contribution >= 0.6 is 0 Å². The lowest BCUT2D eigenvalue weighted by molar-refractivity contribution is 0.00578. The molecule has 4 nitrogen and oxygen atoms in total. The highest BCUT2D eigenvalue weighted by atomic mass is 16.7. The highest BCUT2D eigenvalue weighted by Gasteiger charge is 2.52. The van der Waals surface area contributed by atoms with Crippen molar-refractivity contribution in [2.45, 2.75) is 52.1 Å². The Bertz CT molecular complexity index is 455. The zero-order valence-electron chi connectivity index (χ0n) is 11.9. The molecule has 2 rings (SSSR count). The Labute approximate surface area is 114 Å². The summed E-state index contributed by atoms with van der Waals surface area (Å²) < 4.78 is 12.0. The van der Waals surface area contributed by atoms with Crippen molar-refractivity contribution in [3.05, 3.63) is 29.3 Å². The zero-order chi connectivity index (χ0) is 14.3. The highest BCUT2D eigenvalue weighted by molar-refractivity contribution is 6.62. The van der Waals surface area contributed by atoms with Crippen LogP contribution in [0.3, 0.4) is 0 Å². The Morgan fingerprint density at radius 2 is 1.58 bits per heavy atom. The van der Waals surface area contributed by atoms with Crippen LogP contribution in [0.25, 0.3) is 0 Å². The molecule has 5 heteroatoms. The lowest BCUT2D eigenvalue weighted by Gasteiger charge is -2.32. The van der Waals surface area contributed by atoms with Crippen molar-refractivity contribution in [1.29, 1.82) is 0 Å². The van der Waals surface area contributed by atoms with E-state index in [4.69, 9.17) is 9.31 Å². The number of aliphatic hydroxyl groups excluding tert-OH is 2. The van der Waals surface area contributed by atoms with Crippen molar-refractivity contribution in [1.82, 2.24) is 0 Å². The van der Waals surface area contributed by atoms with Crippen LogP contribution in [-0.4, -0.2) is 28.5 Å². The number of rotatable bonds is 3. The van der Waals surface area contributed by atoms with Crippen LogP contribution in [0.15, 0.2) is 18.2 Å². The zero-order valence-corrected chi connectivity index (χ0v) is 11.9. The molecule has 1 aliphatic heterocycles. The summed E-state index contributed by atoms with van der Waals surface area (Å²) in [5.41, 5.74) is 1.49. The monoisotopic (exact) mass is 264 g/mol. The van der Waals surface area contributed by atoms with Gasteiger partial charge in [0.2, 0.25) is 0 Å². The Hall–Kier alpha value is -0.875. The Balaban J connectivity index is 2.38. The van der Waals surface area contributed by atoms with E-state index in [2.05, 4.69) is 0 Å². The summed E-state index contributed by atoms with van der Waals surface area (Å²) in [7, 11) is -0.515. The Morgan fingerprint density at radius 1 is 1.00 bits per heavy atom. The Morgan fingerprint density at radius 3 is 2.05 bits per heavy atom. The van der Waals surface area contributed by atoms with E-state index >= 15 is 0 Å². The van der Waals surface area contributed by atoms with Crippen LogP contribution in [0, 0.1) is 0 Å². The first-order chi connectivity index (χ1) is 8.80. The van der Waals surface area contributed by atoms with Crippen molar-refractivity contribution in [3.63, 3.8) is 0 Å². The quantitative estimate of drug-likeness (QED) is 0.799. The minimum Gasteiger partial charge on any atom is -0.399 e. The molecule has 0 radical (unpaired) electrons. The number of hydrogen-bond donors (Lipinski definition) is 2. The van der Waals surface area contributed by atoms with Crippen LogP contribution in [0.2, 0.25) is 0 Å². The van der Waals surface area contributed by atoms with Crippen LogP contribution in [0.4, 0.5) is 0 Å². The second-order valence-corrected chi connectivity index (χ2v) is 5.94. The smallest absolute Gasteiger partial charge is 0.399 e. The summed E-state index contributed by atoms with van der Waals surface area (Å²) in [6.07, 6.45) is 0. The fourth-order valence-electron chi connectivity index (χ4n) is 2.08. The first-order valence-corrected chi connectivity index (χ1v) is 6.50. The molecule has 0 aliphatic carbocycles. The molecule has 0 atom stereocenters. The van der Waals surface area contributed by atoms with E-state index in [9.17, 15) is 10.2 Å². The highest BCUT2D eigenvalue weighted by Crippen LogP contribution is 2.36. The maximum Gasteiger partial charge on any atom is 0.495 e. The van der Waals surface area contributed by atoms with Gasteiger partial charge in [0.05, 0.1) is 24.4 Å². The molecule has 2 N–H and O–H groups in total. The average molecular weight is 264 g/mol. The molecule has 1 fully saturated rings. The van der Waals surface area contributed by atoms with Crippen molar-refractivity contribution >= 4 is 12.6 Å². The summed E-state index contributed by atoms with van der Waals surface area (Å²) in [5, 5.41) is 18.7. The summed E-state index contributed by atoms with van der Waals surface area (Å²) in [6.45, 7) is 7.83. The first-order valence-electron chi connectivity index (χ1n) is 6.50. The van der Waals surface area contributed by atoms with Gasteiger partial charge >= 0.3 is 7.12 Å². The largest absolute Gasteiger partial charge is 0.495 e. The second-order valence-electron chi connectivity index (χ2n) is 5.94. The predicted octanol–water partition coefficient (Wildman–Crippen LogP) is 0.970. The van der Waals surface area contributed by atoms with E-state index in [1.54, 1.807) is 12.1 Å². The number of aliphatic hydroxyl groups is 2. The van der Waals surface area contributed by atoms with E-state index in [1.165, 1.54) is 0 Å². The average Bonchev–Trinajstić information content (AvgIpc) is 2.57. The van der Waals surface area contributed by atoms with Crippen LogP contribution in [0.5, 0.6) is 0 Å². The maximum atomic E-state index is 9.43. The molecule has 0 amide bonds. The van der Waals surface area contributed by atoms with E-state index in [0.717, 1.165) is 16.6 Å². The third-order valence-corrected chi connectivity index (χ3v) is 4.07. The number of benzene rings is 1. The van der Waals surface area contributed by atoms with Gasteiger partial charge in [0.1, 0.15) is 0 Å². The molecule has 0 spiro atoms. The van der Waals surface area contributed by atoms with Crippen molar-refractivity contribution in [2.24, 2.45) is 0 Å². The van der Waals surface area contributed by atoms with Gasteiger partial charge in [0.15, 0.2) is 0 Å². The summed E-state index contributed by atoms with van der Waals surface area (Å²) >= 11 is 0. The van der Waals surface area contributed by atoms with Crippen LogP contribution < -0.4 is 5.46 Å². The summed E-state index contributed by atoms with van der Waals surface area (Å²) in [5.74, 6) is 0. The summed E-state index contributed by atoms with van der Waals surface area (Å²) in [6, 6.07) is 5.42. The molecule has 19 heavy (non-hydrogen) atoms. The second kappa shape index (κ2) is 4.91. The topological polar surface area (TPSA) is 58.9 Å². The molecular formula is C14H21BO4. The van der Waals surface area contributed by atoms with Crippen molar-refractivity contribution in [2.75, 3.05) is 0 Å². The van der Waals surface area contributed by atoms with Gasteiger partial charge in [-0.15, -0.1) is 0 Å². The van der Waals surface area contributed by atoms with Crippen LogP contribution in [0.1, 0.15) is 38.8 Å². The van der Waals surface area contributed by atoms with E-state index in [1.807, 2.05) is 33.8 Å². The Kier molecular flexibility index (Phi) is 3.75. The number of hydrogen-bond acceptors (Lipinski definition) is 4. The van der Waals surface area contributed by atoms with Crippen molar-refractivity contribution in [3.8, 4) is 0 Å². The van der Waals surface area contributed by atoms with Gasteiger partial charge in [-0.3, -0.25) is 0 Å². The molecule has 0 aromatic heterocycles. The normalized spacial score (nSPS) is 20.8. The van der Waals surface area contributed by atoms with Gasteiger partial charge in [0, 0.05) is 0 Å². The SMILES string of the molecule is CC1(C)OB(c2cc(CO)ccc2CO)OC1(C)C. The standard InChI is InChI=1S/C14H21BO4/c1-13(2)14(3,4)19-15(18-13)12-7-10(8-16)5-6-11(12)9-17/h5-7,16-17H,8-9H2,1-4H3. The molecule has 1 saturated heterocycles. The van der Waals surface area contributed by atoms with Gasteiger partial charge in [-0.25, -0.2) is 0 Å². The molecule has 1 aliphatic rings. The first kappa shape index (κ1) is 14.5. The van der Waals surface area contributed by atoms with Gasteiger partial charge in [-0.1, -0.05) is 18.2 Å². The van der Waals surface area contributed by atoms with Gasteiger partial charge < -0.3 is 19.5 Å². The molecule has 0 bridgehead atoms. The minimum absolute atomic E-state index is 0.0434. The fraction of sp³-hybridized carbons (Fsp3) is 0.571.